The molecule has 4 rings (SSSR count). The SMILES string of the molecule is O=C(c1cc(=O)c2ccccc2[nH]1)N1CCC[C@@H](N2CCCC2)C1. The summed E-state index contributed by atoms with van der Waals surface area (Å²) in [6.45, 7) is 3.85. The summed E-state index contributed by atoms with van der Waals surface area (Å²) in [5.41, 5.74) is 1.03. The zero-order valence-electron chi connectivity index (χ0n) is 13.8. The van der Waals surface area contributed by atoms with Gasteiger partial charge in [0.15, 0.2) is 5.43 Å². The molecule has 0 saturated carbocycles. The van der Waals surface area contributed by atoms with E-state index in [1.807, 2.05) is 23.1 Å². The monoisotopic (exact) mass is 325 g/mol. The molecule has 1 N–H and O–H groups in total. The minimum Gasteiger partial charge on any atom is -0.350 e. The molecule has 2 aliphatic heterocycles. The van der Waals surface area contributed by atoms with Crippen LogP contribution in [0, 0.1) is 0 Å². The predicted molar refractivity (Wildman–Crippen MR) is 94.3 cm³/mol. The standard InChI is InChI=1S/C19H23N3O2/c23-18-12-17(20-16-8-2-1-7-15(16)18)19(24)22-11-5-6-14(13-22)21-9-3-4-10-21/h1-2,7-8,12,14H,3-6,9-11,13H2,(H,20,23)/t14-/m1/s1. The van der Waals surface area contributed by atoms with Crippen molar-refractivity contribution in [2.45, 2.75) is 31.7 Å². The molecule has 1 atom stereocenters. The number of benzene rings is 1. The zero-order valence-corrected chi connectivity index (χ0v) is 13.8. The summed E-state index contributed by atoms with van der Waals surface area (Å²) < 4.78 is 0. The van der Waals surface area contributed by atoms with E-state index in [-0.39, 0.29) is 11.3 Å². The number of rotatable bonds is 2. The van der Waals surface area contributed by atoms with Crippen molar-refractivity contribution in [1.82, 2.24) is 14.8 Å². The van der Waals surface area contributed by atoms with Crippen LogP contribution in [0.2, 0.25) is 0 Å². The summed E-state index contributed by atoms with van der Waals surface area (Å²) >= 11 is 0. The molecule has 5 heteroatoms. The van der Waals surface area contributed by atoms with Crippen LogP contribution >= 0.6 is 0 Å². The van der Waals surface area contributed by atoms with Gasteiger partial charge < -0.3 is 9.88 Å². The van der Waals surface area contributed by atoms with Gasteiger partial charge in [-0.1, -0.05) is 12.1 Å². The van der Waals surface area contributed by atoms with Gasteiger partial charge in [-0.2, -0.15) is 0 Å². The number of aromatic nitrogens is 1. The van der Waals surface area contributed by atoms with Crippen molar-refractivity contribution in [2.24, 2.45) is 0 Å². The molecular formula is C19H23N3O2. The molecule has 1 amide bonds. The number of nitrogens with zero attached hydrogens (tertiary/aromatic N) is 2. The lowest BCUT2D eigenvalue weighted by Gasteiger charge is -2.37. The van der Waals surface area contributed by atoms with E-state index in [1.165, 1.54) is 18.9 Å². The maximum Gasteiger partial charge on any atom is 0.270 e. The summed E-state index contributed by atoms with van der Waals surface area (Å²) in [5.74, 6) is -0.0539. The number of H-pyrrole nitrogens is 1. The summed E-state index contributed by atoms with van der Waals surface area (Å²) in [6, 6.07) is 9.26. The van der Waals surface area contributed by atoms with Crippen LogP contribution in [-0.2, 0) is 0 Å². The number of amides is 1. The zero-order chi connectivity index (χ0) is 16.5. The molecule has 5 nitrogen and oxygen atoms in total. The third-order valence-corrected chi connectivity index (χ3v) is 5.31. The number of fused-ring (bicyclic) bond motifs is 1. The van der Waals surface area contributed by atoms with Gasteiger partial charge in [-0.15, -0.1) is 0 Å². The van der Waals surface area contributed by atoms with E-state index in [0.717, 1.165) is 44.5 Å². The molecule has 1 aromatic carbocycles. The van der Waals surface area contributed by atoms with Gasteiger partial charge in [0, 0.05) is 36.1 Å². The highest BCUT2D eigenvalue weighted by atomic mass is 16.2. The van der Waals surface area contributed by atoms with Crippen molar-refractivity contribution in [2.75, 3.05) is 26.2 Å². The first-order valence-electron chi connectivity index (χ1n) is 8.88. The van der Waals surface area contributed by atoms with Crippen molar-refractivity contribution in [3.63, 3.8) is 0 Å². The van der Waals surface area contributed by atoms with Crippen LogP contribution in [0.25, 0.3) is 10.9 Å². The van der Waals surface area contributed by atoms with Crippen LogP contribution in [0.5, 0.6) is 0 Å². The number of pyridine rings is 1. The third-order valence-electron chi connectivity index (χ3n) is 5.31. The summed E-state index contributed by atoms with van der Waals surface area (Å²) in [5, 5.41) is 0.627. The fourth-order valence-corrected chi connectivity index (χ4v) is 4.03. The largest absolute Gasteiger partial charge is 0.350 e. The van der Waals surface area contributed by atoms with E-state index in [2.05, 4.69) is 9.88 Å². The van der Waals surface area contributed by atoms with Crippen molar-refractivity contribution >= 4 is 16.8 Å². The van der Waals surface area contributed by atoms with Gasteiger partial charge in [-0.05, 0) is 50.9 Å². The van der Waals surface area contributed by atoms with E-state index in [9.17, 15) is 9.59 Å². The van der Waals surface area contributed by atoms with E-state index < -0.39 is 0 Å². The van der Waals surface area contributed by atoms with Gasteiger partial charge in [0.05, 0.1) is 0 Å². The van der Waals surface area contributed by atoms with E-state index in [4.69, 9.17) is 0 Å². The molecule has 0 aliphatic carbocycles. The second-order valence-electron chi connectivity index (χ2n) is 6.88. The van der Waals surface area contributed by atoms with Crippen LogP contribution in [0.15, 0.2) is 35.1 Å². The number of carbonyl (C=O) groups is 1. The summed E-state index contributed by atoms with van der Waals surface area (Å²) in [6.07, 6.45) is 4.73. The van der Waals surface area contributed by atoms with Crippen LogP contribution < -0.4 is 5.43 Å². The normalized spacial score (nSPS) is 22.2. The average Bonchev–Trinajstić information content (AvgIpc) is 3.16. The van der Waals surface area contributed by atoms with Crippen LogP contribution in [-0.4, -0.2) is 52.9 Å². The van der Waals surface area contributed by atoms with Gasteiger partial charge in [0.2, 0.25) is 0 Å². The minimum absolute atomic E-state index is 0.0539. The molecule has 2 aliphatic rings. The Bertz CT molecular complexity index is 808. The first-order valence-corrected chi connectivity index (χ1v) is 8.88. The fraction of sp³-hybridized carbons (Fsp3) is 0.474. The Kier molecular flexibility index (Phi) is 4.10. The number of para-hydroxylation sites is 1. The second kappa shape index (κ2) is 6.40. The number of nitrogens with one attached hydrogen (secondary N) is 1. The lowest BCUT2D eigenvalue weighted by Crippen LogP contribution is -2.49. The maximum absolute atomic E-state index is 12.9. The van der Waals surface area contributed by atoms with E-state index in [0.29, 0.717) is 17.1 Å². The molecule has 2 aromatic rings. The topological polar surface area (TPSA) is 56.4 Å². The lowest BCUT2D eigenvalue weighted by atomic mass is 10.0. The summed E-state index contributed by atoms with van der Waals surface area (Å²) in [4.78, 5) is 32.7. The minimum atomic E-state index is -0.0965. The molecule has 0 spiro atoms. The molecule has 2 saturated heterocycles. The van der Waals surface area contributed by atoms with Crippen molar-refractivity contribution in [3.8, 4) is 0 Å². The van der Waals surface area contributed by atoms with Gasteiger partial charge in [0.1, 0.15) is 5.69 Å². The number of aromatic amines is 1. The number of piperidine rings is 1. The number of carbonyl (C=O) groups excluding carboxylic acids is 1. The molecule has 126 valence electrons. The maximum atomic E-state index is 12.9. The Hall–Kier alpha value is -2.14. The number of hydrogen-bond donors (Lipinski definition) is 1. The molecule has 3 heterocycles. The highest BCUT2D eigenvalue weighted by molar-refractivity contribution is 5.94. The molecule has 0 radical (unpaired) electrons. The van der Waals surface area contributed by atoms with Gasteiger partial charge in [-0.3, -0.25) is 14.5 Å². The lowest BCUT2D eigenvalue weighted by molar-refractivity contribution is 0.0602. The first-order chi connectivity index (χ1) is 11.7. The molecule has 0 bridgehead atoms. The highest BCUT2D eigenvalue weighted by Gasteiger charge is 2.30. The first kappa shape index (κ1) is 15.4. The second-order valence-corrected chi connectivity index (χ2v) is 6.88. The summed E-state index contributed by atoms with van der Waals surface area (Å²) in [7, 11) is 0. The number of likely N-dealkylation sites (tertiary alicyclic amines) is 2. The smallest absolute Gasteiger partial charge is 0.270 e. The Morgan fingerprint density at radius 3 is 2.71 bits per heavy atom. The quantitative estimate of drug-likeness (QED) is 0.921. The van der Waals surface area contributed by atoms with E-state index in [1.54, 1.807) is 6.07 Å². The van der Waals surface area contributed by atoms with Gasteiger partial charge >= 0.3 is 0 Å². The Labute approximate surface area is 141 Å². The Morgan fingerprint density at radius 1 is 1.08 bits per heavy atom. The van der Waals surface area contributed by atoms with Crippen molar-refractivity contribution < 1.29 is 4.79 Å². The molecular weight excluding hydrogens is 302 g/mol. The van der Waals surface area contributed by atoms with E-state index >= 15 is 0 Å². The number of hydrogen-bond acceptors (Lipinski definition) is 3. The third kappa shape index (κ3) is 2.84. The fourth-order valence-electron chi connectivity index (χ4n) is 4.03. The van der Waals surface area contributed by atoms with Crippen molar-refractivity contribution in [3.05, 3.63) is 46.2 Å². The van der Waals surface area contributed by atoms with Gasteiger partial charge in [0.25, 0.3) is 5.91 Å². The predicted octanol–water partition coefficient (Wildman–Crippen LogP) is 2.23. The van der Waals surface area contributed by atoms with Crippen LogP contribution in [0.1, 0.15) is 36.2 Å². The Morgan fingerprint density at radius 2 is 1.88 bits per heavy atom. The molecule has 24 heavy (non-hydrogen) atoms. The molecule has 2 fully saturated rings. The van der Waals surface area contributed by atoms with Crippen LogP contribution in [0.4, 0.5) is 0 Å². The molecule has 1 aromatic heterocycles. The highest BCUT2D eigenvalue weighted by Crippen LogP contribution is 2.21. The van der Waals surface area contributed by atoms with Gasteiger partial charge in [-0.25, -0.2) is 0 Å². The molecule has 0 unspecified atom stereocenters. The average molecular weight is 325 g/mol. The van der Waals surface area contributed by atoms with Crippen molar-refractivity contribution in [1.29, 1.82) is 0 Å². The Balaban J connectivity index is 1.57. The van der Waals surface area contributed by atoms with Crippen LogP contribution in [0.3, 0.4) is 0 Å².